The van der Waals surface area contributed by atoms with Crippen LogP contribution in [0, 0.1) is 0 Å². The summed E-state index contributed by atoms with van der Waals surface area (Å²) < 4.78 is 6.17. The number of hydrogen-bond acceptors (Lipinski definition) is 3. The van der Waals surface area contributed by atoms with Crippen molar-refractivity contribution >= 4 is 10.8 Å². The number of hydrogen-bond donors (Lipinski definition) is 1. The number of benzene rings is 1. The highest BCUT2D eigenvalue weighted by Crippen LogP contribution is 2.26. The molecular formula is C18H24N2O. The minimum Gasteiger partial charge on any atom is -0.490 e. The number of fused-ring (bicyclic) bond motifs is 1. The molecule has 1 N–H and O–H groups in total. The molecule has 0 bridgehead atoms. The summed E-state index contributed by atoms with van der Waals surface area (Å²) in [4.78, 5) is 4.14. The third kappa shape index (κ3) is 3.73. The lowest BCUT2D eigenvalue weighted by Gasteiger charge is -2.30. The molecule has 1 fully saturated rings. The molecule has 1 aliphatic rings. The van der Waals surface area contributed by atoms with Crippen LogP contribution in [0.25, 0.3) is 10.8 Å². The van der Waals surface area contributed by atoms with Crippen LogP contribution in [0.2, 0.25) is 0 Å². The number of pyridine rings is 1. The van der Waals surface area contributed by atoms with Crippen molar-refractivity contribution < 1.29 is 4.74 Å². The van der Waals surface area contributed by atoms with E-state index in [1.165, 1.54) is 18.2 Å². The summed E-state index contributed by atoms with van der Waals surface area (Å²) in [5.41, 5.74) is 0. The van der Waals surface area contributed by atoms with Crippen molar-refractivity contribution in [3.63, 3.8) is 0 Å². The van der Waals surface area contributed by atoms with Crippen molar-refractivity contribution in [3.8, 4) is 5.75 Å². The van der Waals surface area contributed by atoms with Gasteiger partial charge in [0.05, 0.1) is 6.10 Å². The fourth-order valence-electron chi connectivity index (χ4n) is 3.15. The van der Waals surface area contributed by atoms with E-state index in [1.807, 2.05) is 18.5 Å². The zero-order valence-corrected chi connectivity index (χ0v) is 12.9. The molecule has 3 nitrogen and oxygen atoms in total. The standard InChI is InChI=1S/C18H24N2O/c1-13(2)20-16-4-7-17(8-5-16)21-18-6-3-15-12-19-10-9-14(15)11-18/h3,6,9-13,16-17,20H,4-5,7-8H2,1-2H3. The van der Waals surface area contributed by atoms with Gasteiger partial charge in [-0.3, -0.25) is 4.98 Å². The van der Waals surface area contributed by atoms with Crippen LogP contribution in [0.4, 0.5) is 0 Å². The maximum absolute atomic E-state index is 6.17. The van der Waals surface area contributed by atoms with Gasteiger partial charge in [-0.2, -0.15) is 0 Å². The van der Waals surface area contributed by atoms with E-state index in [-0.39, 0.29) is 0 Å². The van der Waals surface area contributed by atoms with E-state index in [2.05, 4.69) is 42.3 Å². The highest BCUT2D eigenvalue weighted by molar-refractivity contribution is 5.82. The fraction of sp³-hybridized carbons (Fsp3) is 0.500. The maximum Gasteiger partial charge on any atom is 0.120 e. The Labute approximate surface area is 126 Å². The van der Waals surface area contributed by atoms with Gasteiger partial charge in [-0.25, -0.2) is 0 Å². The molecule has 2 aromatic rings. The molecular weight excluding hydrogens is 260 g/mol. The first-order valence-corrected chi connectivity index (χ1v) is 7.97. The lowest BCUT2D eigenvalue weighted by Crippen LogP contribution is -2.39. The van der Waals surface area contributed by atoms with Gasteiger partial charge in [0.1, 0.15) is 5.75 Å². The predicted octanol–water partition coefficient (Wildman–Crippen LogP) is 3.92. The van der Waals surface area contributed by atoms with Crippen LogP contribution in [-0.2, 0) is 0 Å². The van der Waals surface area contributed by atoms with E-state index in [9.17, 15) is 0 Å². The minimum atomic E-state index is 0.356. The topological polar surface area (TPSA) is 34.1 Å². The van der Waals surface area contributed by atoms with Crippen LogP contribution in [0.5, 0.6) is 5.75 Å². The number of rotatable bonds is 4. The molecule has 0 saturated heterocycles. The second-order valence-corrected chi connectivity index (χ2v) is 6.30. The normalized spacial score (nSPS) is 22.6. The number of nitrogens with zero attached hydrogens (tertiary/aromatic N) is 1. The summed E-state index contributed by atoms with van der Waals surface area (Å²) in [7, 11) is 0. The summed E-state index contributed by atoms with van der Waals surface area (Å²) in [6.07, 6.45) is 8.77. The summed E-state index contributed by atoms with van der Waals surface area (Å²) in [6, 6.07) is 9.53. The van der Waals surface area contributed by atoms with Crippen molar-refractivity contribution in [2.75, 3.05) is 0 Å². The van der Waals surface area contributed by atoms with Crippen molar-refractivity contribution in [1.29, 1.82) is 0 Å². The Morgan fingerprint density at radius 2 is 1.90 bits per heavy atom. The highest BCUT2D eigenvalue weighted by atomic mass is 16.5. The van der Waals surface area contributed by atoms with Gasteiger partial charge in [0.25, 0.3) is 0 Å². The minimum absolute atomic E-state index is 0.356. The average molecular weight is 284 g/mol. The smallest absolute Gasteiger partial charge is 0.120 e. The number of aromatic nitrogens is 1. The van der Waals surface area contributed by atoms with Gasteiger partial charge in [-0.1, -0.05) is 13.8 Å². The Morgan fingerprint density at radius 3 is 2.67 bits per heavy atom. The van der Waals surface area contributed by atoms with E-state index in [0.29, 0.717) is 18.2 Å². The molecule has 0 spiro atoms. The Balaban J connectivity index is 1.59. The molecule has 3 heteroatoms. The average Bonchev–Trinajstić information content (AvgIpc) is 2.49. The molecule has 0 unspecified atom stereocenters. The van der Waals surface area contributed by atoms with Crippen molar-refractivity contribution in [2.24, 2.45) is 0 Å². The fourth-order valence-corrected chi connectivity index (χ4v) is 3.15. The second-order valence-electron chi connectivity index (χ2n) is 6.30. The van der Waals surface area contributed by atoms with Crippen LogP contribution in [0.3, 0.4) is 0 Å². The van der Waals surface area contributed by atoms with Gasteiger partial charge in [0.15, 0.2) is 0 Å². The van der Waals surface area contributed by atoms with Crippen LogP contribution in [-0.4, -0.2) is 23.2 Å². The van der Waals surface area contributed by atoms with Crippen molar-refractivity contribution in [2.45, 2.75) is 57.7 Å². The van der Waals surface area contributed by atoms with Gasteiger partial charge in [-0.15, -0.1) is 0 Å². The first-order valence-electron chi connectivity index (χ1n) is 7.97. The summed E-state index contributed by atoms with van der Waals surface area (Å²) in [5, 5.41) is 5.98. The third-order valence-corrected chi connectivity index (χ3v) is 4.16. The van der Waals surface area contributed by atoms with E-state index in [1.54, 1.807) is 0 Å². The molecule has 0 atom stereocenters. The van der Waals surface area contributed by atoms with E-state index in [4.69, 9.17) is 4.74 Å². The third-order valence-electron chi connectivity index (χ3n) is 4.16. The molecule has 0 radical (unpaired) electrons. The van der Waals surface area contributed by atoms with Gasteiger partial charge in [0, 0.05) is 29.9 Å². The van der Waals surface area contributed by atoms with Crippen LogP contribution in [0.1, 0.15) is 39.5 Å². The second kappa shape index (κ2) is 6.44. The Hall–Kier alpha value is -1.61. The molecule has 1 heterocycles. The maximum atomic E-state index is 6.17. The molecule has 0 aliphatic heterocycles. The quantitative estimate of drug-likeness (QED) is 0.924. The first kappa shape index (κ1) is 14.3. The lowest BCUT2D eigenvalue weighted by atomic mass is 9.92. The molecule has 0 amide bonds. The molecule has 112 valence electrons. The highest BCUT2D eigenvalue weighted by Gasteiger charge is 2.22. The van der Waals surface area contributed by atoms with Gasteiger partial charge < -0.3 is 10.1 Å². The van der Waals surface area contributed by atoms with Gasteiger partial charge in [0.2, 0.25) is 0 Å². The molecule has 1 aromatic heterocycles. The Morgan fingerprint density at radius 1 is 1.10 bits per heavy atom. The summed E-state index contributed by atoms with van der Waals surface area (Å²) in [6.45, 7) is 4.43. The van der Waals surface area contributed by atoms with Gasteiger partial charge >= 0.3 is 0 Å². The predicted molar refractivity (Wildman–Crippen MR) is 86.7 cm³/mol. The largest absolute Gasteiger partial charge is 0.490 e. The zero-order valence-electron chi connectivity index (χ0n) is 12.9. The Kier molecular flexibility index (Phi) is 4.39. The zero-order chi connectivity index (χ0) is 14.7. The summed E-state index contributed by atoms with van der Waals surface area (Å²) >= 11 is 0. The van der Waals surface area contributed by atoms with Crippen LogP contribution < -0.4 is 10.1 Å². The first-order chi connectivity index (χ1) is 10.2. The number of nitrogens with one attached hydrogen (secondary N) is 1. The molecule has 3 rings (SSSR count). The Bertz CT molecular complexity index is 589. The van der Waals surface area contributed by atoms with Gasteiger partial charge in [-0.05, 0) is 55.3 Å². The monoisotopic (exact) mass is 284 g/mol. The molecule has 1 saturated carbocycles. The van der Waals surface area contributed by atoms with E-state index in [0.717, 1.165) is 24.0 Å². The van der Waals surface area contributed by atoms with Crippen LogP contribution >= 0.6 is 0 Å². The SMILES string of the molecule is CC(C)NC1CCC(Oc2ccc3cnccc3c2)CC1. The van der Waals surface area contributed by atoms with Crippen molar-refractivity contribution in [3.05, 3.63) is 36.7 Å². The lowest BCUT2D eigenvalue weighted by molar-refractivity contribution is 0.138. The molecule has 21 heavy (non-hydrogen) atoms. The number of ether oxygens (including phenoxy) is 1. The summed E-state index contributed by atoms with van der Waals surface area (Å²) in [5.74, 6) is 0.981. The van der Waals surface area contributed by atoms with E-state index >= 15 is 0 Å². The van der Waals surface area contributed by atoms with Crippen molar-refractivity contribution in [1.82, 2.24) is 10.3 Å². The van der Waals surface area contributed by atoms with Crippen LogP contribution in [0.15, 0.2) is 36.7 Å². The molecule has 1 aromatic carbocycles. The molecule has 1 aliphatic carbocycles. The van der Waals surface area contributed by atoms with E-state index < -0.39 is 0 Å².